The minimum Gasteiger partial charge on any atom is -0.478 e. The summed E-state index contributed by atoms with van der Waals surface area (Å²) in [6, 6.07) is -2.07. The Hall–Kier alpha value is -3.31. The number of nitrogens with zero attached hydrogens (tertiary/aromatic N) is 3. The lowest BCUT2D eigenvalue weighted by molar-refractivity contribution is -0.182. The van der Waals surface area contributed by atoms with E-state index in [0.717, 1.165) is 20.0 Å². The number of hydrogen-bond donors (Lipinski definition) is 1. The van der Waals surface area contributed by atoms with E-state index >= 15 is 0 Å². The number of rotatable bonds is 13. The van der Waals surface area contributed by atoms with Gasteiger partial charge in [0, 0.05) is 32.3 Å². The molecule has 0 radical (unpaired) electrons. The Balaban J connectivity index is 3.51. The molecule has 0 aliphatic carbocycles. The van der Waals surface area contributed by atoms with Crippen LogP contribution in [0.4, 0.5) is 0 Å². The summed E-state index contributed by atoms with van der Waals surface area (Å²) in [5.41, 5.74) is 9.05. The molecular formula is C21H32N4O9. The van der Waals surface area contributed by atoms with Crippen LogP contribution in [0, 0.1) is 0 Å². The molecule has 1 rings (SSSR count). The Kier molecular flexibility index (Phi) is 12.5. The smallest absolute Gasteiger partial charge is 0.372 e. The Labute approximate surface area is 197 Å². The number of carbonyl (C=O) groups excluding carboxylic acids is 4. The molecule has 190 valence electrons. The van der Waals surface area contributed by atoms with Crippen LogP contribution in [-0.4, -0.2) is 74.5 Å². The van der Waals surface area contributed by atoms with Crippen LogP contribution < -0.4 is 5.32 Å². The van der Waals surface area contributed by atoms with Crippen LogP contribution in [0.3, 0.4) is 0 Å². The molecule has 1 amide bonds. The van der Waals surface area contributed by atoms with Crippen molar-refractivity contribution in [3.63, 3.8) is 0 Å². The maximum absolute atomic E-state index is 12.2. The largest absolute Gasteiger partial charge is 0.478 e. The number of azide groups is 1. The second-order valence-electron chi connectivity index (χ2n) is 7.52. The highest BCUT2D eigenvalue weighted by Gasteiger charge is 2.46. The van der Waals surface area contributed by atoms with Crippen LogP contribution in [0.25, 0.3) is 10.4 Å². The van der Waals surface area contributed by atoms with Crippen molar-refractivity contribution < 1.29 is 42.9 Å². The first kappa shape index (κ1) is 28.7. The maximum Gasteiger partial charge on any atom is 0.372 e. The van der Waals surface area contributed by atoms with Crippen LogP contribution in [-0.2, 0) is 42.9 Å². The molecular weight excluding hydrogens is 452 g/mol. The van der Waals surface area contributed by atoms with Gasteiger partial charge in [-0.1, -0.05) is 24.9 Å². The van der Waals surface area contributed by atoms with Gasteiger partial charge in [-0.3, -0.25) is 14.4 Å². The van der Waals surface area contributed by atoms with E-state index in [0.29, 0.717) is 6.42 Å². The molecule has 34 heavy (non-hydrogen) atoms. The number of amides is 1. The Morgan fingerprint density at radius 2 is 1.91 bits per heavy atom. The fourth-order valence-corrected chi connectivity index (χ4v) is 3.36. The van der Waals surface area contributed by atoms with E-state index in [1.807, 2.05) is 6.92 Å². The van der Waals surface area contributed by atoms with Gasteiger partial charge in [-0.05, 0) is 18.0 Å². The van der Waals surface area contributed by atoms with Crippen molar-refractivity contribution in [1.82, 2.24) is 5.32 Å². The molecule has 0 unspecified atom stereocenters. The number of unbranched alkanes of at least 4 members (excludes halogenated alkanes) is 2. The average Bonchev–Trinajstić information content (AvgIpc) is 2.77. The summed E-state index contributed by atoms with van der Waals surface area (Å²) in [7, 11) is 1.14. The zero-order valence-electron chi connectivity index (χ0n) is 20.0. The monoisotopic (exact) mass is 484 g/mol. The summed E-state index contributed by atoms with van der Waals surface area (Å²) in [6.07, 6.45) is 0.185. The topological polar surface area (TPSA) is 175 Å². The van der Waals surface area contributed by atoms with Gasteiger partial charge >= 0.3 is 17.9 Å². The molecule has 5 atom stereocenters. The fraction of sp³-hybridized carbons (Fsp3) is 0.714. The third kappa shape index (κ3) is 9.28. The van der Waals surface area contributed by atoms with Gasteiger partial charge in [-0.15, -0.1) is 0 Å². The minimum absolute atomic E-state index is 0.215. The zero-order valence-corrected chi connectivity index (χ0v) is 20.0. The fourth-order valence-electron chi connectivity index (χ4n) is 3.36. The van der Waals surface area contributed by atoms with Gasteiger partial charge in [0.25, 0.3) is 0 Å². The second-order valence-corrected chi connectivity index (χ2v) is 7.52. The van der Waals surface area contributed by atoms with Crippen LogP contribution in [0.5, 0.6) is 0 Å². The molecule has 13 nitrogen and oxygen atoms in total. The maximum atomic E-state index is 12.2. The highest BCUT2D eigenvalue weighted by molar-refractivity contribution is 5.86. The molecule has 0 spiro atoms. The third-order valence-electron chi connectivity index (χ3n) is 4.77. The van der Waals surface area contributed by atoms with Crippen LogP contribution in [0.2, 0.25) is 0 Å². The molecule has 0 bridgehead atoms. The van der Waals surface area contributed by atoms with E-state index in [1.54, 1.807) is 0 Å². The van der Waals surface area contributed by atoms with Crippen LogP contribution >= 0.6 is 0 Å². The second kappa shape index (κ2) is 14.8. The highest BCUT2D eigenvalue weighted by atomic mass is 16.6. The lowest BCUT2D eigenvalue weighted by Crippen LogP contribution is -2.60. The predicted octanol–water partition coefficient (Wildman–Crippen LogP) is 1.70. The summed E-state index contributed by atoms with van der Waals surface area (Å²) < 4.78 is 27.0. The van der Waals surface area contributed by atoms with Crippen molar-refractivity contribution in [3.05, 3.63) is 22.3 Å². The summed E-state index contributed by atoms with van der Waals surface area (Å²) in [6.45, 7) is 5.47. The van der Waals surface area contributed by atoms with Gasteiger partial charge < -0.3 is 29.0 Å². The zero-order chi connectivity index (χ0) is 25.7. The number of nitrogens with one attached hydrogen (secondary N) is 1. The first-order valence-corrected chi connectivity index (χ1v) is 10.8. The molecule has 0 aromatic heterocycles. The van der Waals surface area contributed by atoms with E-state index in [4.69, 9.17) is 29.2 Å². The predicted molar refractivity (Wildman–Crippen MR) is 117 cm³/mol. The first-order valence-electron chi connectivity index (χ1n) is 10.8. The van der Waals surface area contributed by atoms with Gasteiger partial charge in [0.05, 0.1) is 19.2 Å². The van der Waals surface area contributed by atoms with E-state index in [9.17, 15) is 19.2 Å². The van der Waals surface area contributed by atoms with Crippen molar-refractivity contribution >= 4 is 23.8 Å². The average molecular weight is 485 g/mol. The van der Waals surface area contributed by atoms with E-state index in [1.165, 1.54) is 26.8 Å². The lowest BCUT2D eigenvalue weighted by atomic mass is 9.92. The molecule has 1 N–H and O–H groups in total. The van der Waals surface area contributed by atoms with E-state index < -0.39 is 54.2 Å². The molecule has 13 heteroatoms. The molecule has 0 saturated carbocycles. The van der Waals surface area contributed by atoms with Crippen molar-refractivity contribution in [1.29, 1.82) is 0 Å². The summed E-state index contributed by atoms with van der Waals surface area (Å²) in [5, 5.41) is 6.32. The Bertz CT molecular complexity index is 810. The number of hydrogen-bond acceptors (Lipinski definition) is 10. The molecule has 0 fully saturated rings. The Morgan fingerprint density at radius 3 is 2.44 bits per heavy atom. The summed E-state index contributed by atoms with van der Waals surface area (Å²) >= 11 is 0. The molecule has 1 heterocycles. The first-order chi connectivity index (χ1) is 16.1. The number of esters is 3. The van der Waals surface area contributed by atoms with E-state index in [-0.39, 0.29) is 19.0 Å². The highest BCUT2D eigenvalue weighted by Crippen LogP contribution is 2.28. The van der Waals surface area contributed by atoms with Crippen molar-refractivity contribution in [2.24, 2.45) is 5.11 Å². The van der Waals surface area contributed by atoms with Gasteiger partial charge in [0.1, 0.15) is 18.8 Å². The summed E-state index contributed by atoms with van der Waals surface area (Å²) in [4.78, 5) is 50.3. The summed E-state index contributed by atoms with van der Waals surface area (Å²) in [5.74, 6) is -2.89. The molecule has 0 aromatic carbocycles. The number of ether oxygens (including phenoxy) is 5. The number of methoxy groups -OCH3 is 1. The molecule has 1 aliphatic heterocycles. The third-order valence-corrected chi connectivity index (χ3v) is 4.77. The number of carbonyl (C=O) groups is 4. The van der Waals surface area contributed by atoms with Crippen LogP contribution in [0.15, 0.2) is 16.9 Å². The van der Waals surface area contributed by atoms with Crippen molar-refractivity contribution in [2.45, 2.75) is 77.4 Å². The van der Waals surface area contributed by atoms with E-state index in [2.05, 4.69) is 15.3 Å². The van der Waals surface area contributed by atoms with Crippen molar-refractivity contribution in [3.8, 4) is 0 Å². The standard InChI is InChI=1S/C21H32N4O9/c1-6-7-8-9-31-19(17(33-14(4)28)11-32-13(3)27)20-18(23-12(2)26)15(24-25-22)10-16(34-20)21(29)30-5/h10,15,17-20H,6-9,11H2,1-5H3,(H,23,26)/t15-,17+,18+,19+,20+/m0/s1. The lowest BCUT2D eigenvalue weighted by Gasteiger charge is -2.41. The van der Waals surface area contributed by atoms with Gasteiger partial charge in [0.2, 0.25) is 11.7 Å². The van der Waals surface area contributed by atoms with Crippen LogP contribution in [0.1, 0.15) is 47.0 Å². The van der Waals surface area contributed by atoms with Crippen molar-refractivity contribution in [2.75, 3.05) is 20.3 Å². The minimum atomic E-state index is -1.18. The Morgan fingerprint density at radius 1 is 1.21 bits per heavy atom. The van der Waals surface area contributed by atoms with Gasteiger partial charge in [0.15, 0.2) is 6.10 Å². The van der Waals surface area contributed by atoms with Gasteiger partial charge in [-0.25, -0.2) is 4.79 Å². The molecule has 0 aromatic rings. The molecule has 0 saturated heterocycles. The molecule has 1 aliphatic rings. The van der Waals surface area contributed by atoms with Gasteiger partial charge in [-0.2, -0.15) is 0 Å². The normalized spacial score (nSPS) is 21.0. The quantitative estimate of drug-likeness (QED) is 0.102. The SMILES string of the molecule is CCCCCO[C@@H]([C@@H]1OC(C(=O)OC)=C[C@H](N=[N+]=[N-])[C@H]1NC(C)=O)[C@@H](COC(C)=O)OC(C)=O.